The number of allylic oxidation sites excluding steroid dienone is 5. The molecule has 0 aromatic heterocycles. The third kappa shape index (κ3) is 39.3. The first-order valence-corrected chi connectivity index (χ1v) is 23.1. The monoisotopic (exact) mass is 759 g/mol. The summed E-state index contributed by atoms with van der Waals surface area (Å²) in [7, 11) is 0. The Hall–Kier alpha value is -2.37. The predicted molar refractivity (Wildman–Crippen MR) is 229 cm³/mol. The van der Waals surface area contributed by atoms with Crippen LogP contribution < -0.4 is 0 Å². The zero-order chi connectivity index (χ0) is 39.6. The van der Waals surface area contributed by atoms with E-state index in [-0.39, 0.29) is 5.92 Å². The molecule has 6 nitrogen and oxygen atoms in total. The van der Waals surface area contributed by atoms with Crippen LogP contribution in [0.2, 0.25) is 0 Å². The molecular formula is C48H86O6. The summed E-state index contributed by atoms with van der Waals surface area (Å²) in [5.41, 5.74) is 0. The van der Waals surface area contributed by atoms with Gasteiger partial charge in [-0.25, -0.2) is 4.79 Å². The zero-order valence-corrected chi connectivity index (χ0v) is 35.1. The molecule has 54 heavy (non-hydrogen) atoms. The molecule has 0 radical (unpaired) electrons. The molecule has 314 valence electrons. The summed E-state index contributed by atoms with van der Waals surface area (Å²) in [4.78, 5) is 33.2. The summed E-state index contributed by atoms with van der Waals surface area (Å²) in [6.45, 7) is 2.20. The lowest BCUT2D eigenvalue weighted by atomic mass is 9.81. The molecule has 0 bridgehead atoms. The smallest absolute Gasteiger partial charge is 0.328 e. The van der Waals surface area contributed by atoms with Crippen LogP contribution in [0.25, 0.3) is 0 Å². The summed E-state index contributed by atoms with van der Waals surface area (Å²) in [5.74, 6) is -1.99. The van der Waals surface area contributed by atoms with Gasteiger partial charge in [-0.1, -0.05) is 224 Å². The van der Waals surface area contributed by atoms with E-state index in [2.05, 4.69) is 13.0 Å². The summed E-state index contributed by atoms with van der Waals surface area (Å²) < 4.78 is 0. The molecule has 0 spiro atoms. The molecule has 0 saturated carbocycles. The third-order valence-electron chi connectivity index (χ3n) is 11.1. The standard InChI is InChI=1S/C48H86O6/c1-2-39-44(40-35-31-27-23-19-15-11-10-14-18-22-26-30-34-38-43-47(51)52)45(48(53)54)41-36-32-28-24-20-16-12-8-6-4-3-5-7-9-13-17-21-25-29-33-37-42-46(49)50/h22,26,30,34,38,43-45H,2-21,23-25,27-29,31-33,35-37,39-42H2,1H3,(H,49,50)(H,51,52)(H,53,54). The quantitative estimate of drug-likeness (QED) is 0.0324. The van der Waals surface area contributed by atoms with E-state index in [0.29, 0.717) is 12.3 Å². The molecule has 2 atom stereocenters. The maximum Gasteiger partial charge on any atom is 0.328 e. The Morgan fingerprint density at radius 3 is 1.19 bits per heavy atom. The van der Waals surface area contributed by atoms with E-state index in [1.165, 1.54) is 179 Å². The molecule has 6 heteroatoms. The van der Waals surface area contributed by atoms with Gasteiger partial charge in [-0.05, 0) is 44.4 Å². The van der Waals surface area contributed by atoms with Crippen LogP contribution in [-0.2, 0) is 14.4 Å². The molecule has 0 fully saturated rings. The van der Waals surface area contributed by atoms with Crippen molar-refractivity contribution in [3.63, 3.8) is 0 Å². The van der Waals surface area contributed by atoms with E-state index >= 15 is 0 Å². The number of hydrogen-bond donors (Lipinski definition) is 3. The Morgan fingerprint density at radius 2 is 0.796 bits per heavy atom. The molecule has 2 unspecified atom stereocenters. The van der Waals surface area contributed by atoms with Crippen LogP contribution in [-0.4, -0.2) is 33.2 Å². The highest BCUT2D eigenvalue weighted by Gasteiger charge is 2.26. The third-order valence-corrected chi connectivity index (χ3v) is 11.1. The Morgan fingerprint density at radius 1 is 0.426 bits per heavy atom. The number of carbonyl (C=O) groups is 3. The van der Waals surface area contributed by atoms with Gasteiger partial charge >= 0.3 is 17.9 Å². The Labute approximate surface area is 333 Å². The van der Waals surface area contributed by atoms with E-state index in [1.807, 2.05) is 12.2 Å². The van der Waals surface area contributed by atoms with Gasteiger partial charge in [-0.2, -0.15) is 0 Å². The van der Waals surface area contributed by atoms with Gasteiger partial charge in [0.15, 0.2) is 0 Å². The SMILES string of the molecule is CCCC(CCCCCCCCCCCC=CC=CC=CC(=O)O)C(CCCCCCCCCCCCCCCCCCCCCCCC(=O)O)C(=O)O. The summed E-state index contributed by atoms with van der Waals surface area (Å²) in [6, 6.07) is 0. The second kappa shape index (κ2) is 41.8. The number of aliphatic carboxylic acids is 3. The van der Waals surface area contributed by atoms with Crippen molar-refractivity contribution in [2.75, 3.05) is 0 Å². The summed E-state index contributed by atoms with van der Waals surface area (Å²) in [6.07, 6.45) is 54.0. The molecule has 3 N–H and O–H groups in total. The highest BCUT2D eigenvalue weighted by molar-refractivity contribution is 5.80. The molecule has 0 aromatic rings. The van der Waals surface area contributed by atoms with Crippen LogP contribution in [0.1, 0.15) is 238 Å². The zero-order valence-electron chi connectivity index (χ0n) is 35.1. The fourth-order valence-electron chi connectivity index (χ4n) is 7.82. The average Bonchev–Trinajstić information content (AvgIpc) is 3.14. The molecular weight excluding hydrogens is 673 g/mol. The highest BCUT2D eigenvalue weighted by Crippen LogP contribution is 2.29. The number of carboxylic acids is 3. The average molecular weight is 759 g/mol. The van der Waals surface area contributed by atoms with Gasteiger partial charge < -0.3 is 15.3 Å². The fraction of sp³-hybridized carbons (Fsp3) is 0.812. The van der Waals surface area contributed by atoms with Gasteiger partial charge in [-0.15, -0.1) is 0 Å². The topological polar surface area (TPSA) is 112 Å². The number of carboxylic acid groups (broad SMARTS) is 3. The van der Waals surface area contributed by atoms with Gasteiger partial charge in [0, 0.05) is 12.5 Å². The first-order chi connectivity index (χ1) is 26.4. The summed E-state index contributed by atoms with van der Waals surface area (Å²) in [5, 5.41) is 27.3. The van der Waals surface area contributed by atoms with Crippen molar-refractivity contribution in [2.24, 2.45) is 11.8 Å². The Kier molecular flexibility index (Phi) is 40.0. The van der Waals surface area contributed by atoms with E-state index < -0.39 is 17.9 Å². The summed E-state index contributed by atoms with van der Waals surface area (Å²) >= 11 is 0. The molecule has 0 aliphatic rings. The second-order valence-corrected chi connectivity index (χ2v) is 16.1. The van der Waals surface area contributed by atoms with E-state index in [4.69, 9.17) is 10.2 Å². The van der Waals surface area contributed by atoms with Crippen LogP contribution in [0.3, 0.4) is 0 Å². The predicted octanol–water partition coefficient (Wildman–Crippen LogP) is 15.2. The second-order valence-electron chi connectivity index (χ2n) is 16.1. The van der Waals surface area contributed by atoms with Crippen molar-refractivity contribution >= 4 is 17.9 Å². The molecule has 0 aliphatic carbocycles. The Balaban J connectivity index is 3.69. The van der Waals surface area contributed by atoms with E-state index in [0.717, 1.165) is 57.4 Å². The number of rotatable bonds is 43. The van der Waals surface area contributed by atoms with Crippen molar-refractivity contribution in [3.8, 4) is 0 Å². The van der Waals surface area contributed by atoms with Crippen LogP contribution in [0.4, 0.5) is 0 Å². The Bertz CT molecular complexity index is 937. The van der Waals surface area contributed by atoms with Crippen molar-refractivity contribution in [1.29, 1.82) is 0 Å². The van der Waals surface area contributed by atoms with Crippen LogP contribution >= 0.6 is 0 Å². The lowest BCUT2D eigenvalue weighted by Gasteiger charge is -2.24. The lowest BCUT2D eigenvalue weighted by Crippen LogP contribution is -2.24. The van der Waals surface area contributed by atoms with Crippen molar-refractivity contribution in [1.82, 2.24) is 0 Å². The molecule has 0 amide bonds. The van der Waals surface area contributed by atoms with Crippen molar-refractivity contribution in [2.45, 2.75) is 238 Å². The van der Waals surface area contributed by atoms with Gasteiger partial charge in [-0.3, -0.25) is 9.59 Å². The largest absolute Gasteiger partial charge is 0.481 e. The van der Waals surface area contributed by atoms with Gasteiger partial charge in [0.2, 0.25) is 0 Å². The first kappa shape index (κ1) is 51.6. The van der Waals surface area contributed by atoms with Crippen molar-refractivity contribution in [3.05, 3.63) is 36.5 Å². The van der Waals surface area contributed by atoms with Crippen LogP contribution in [0.5, 0.6) is 0 Å². The van der Waals surface area contributed by atoms with Crippen molar-refractivity contribution < 1.29 is 29.7 Å². The van der Waals surface area contributed by atoms with E-state index in [9.17, 15) is 19.5 Å². The van der Waals surface area contributed by atoms with Crippen LogP contribution in [0, 0.1) is 11.8 Å². The van der Waals surface area contributed by atoms with Crippen LogP contribution in [0.15, 0.2) is 36.5 Å². The maximum atomic E-state index is 12.2. The normalized spacial score (nSPS) is 13.1. The number of hydrogen-bond acceptors (Lipinski definition) is 3. The fourth-order valence-corrected chi connectivity index (χ4v) is 7.82. The van der Waals surface area contributed by atoms with Gasteiger partial charge in [0.25, 0.3) is 0 Å². The first-order valence-electron chi connectivity index (χ1n) is 23.1. The molecule has 0 rings (SSSR count). The van der Waals surface area contributed by atoms with E-state index in [1.54, 1.807) is 6.08 Å². The lowest BCUT2D eigenvalue weighted by molar-refractivity contribution is -0.144. The minimum Gasteiger partial charge on any atom is -0.481 e. The molecule has 0 aromatic carbocycles. The minimum absolute atomic E-state index is 0.163. The molecule has 0 saturated heterocycles. The van der Waals surface area contributed by atoms with Gasteiger partial charge in [0.05, 0.1) is 5.92 Å². The molecule has 0 heterocycles. The minimum atomic E-state index is -0.926. The highest BCUT2D eigenvalue weighted by atomic mass is 16.4. The molecule has 0 aliphatic heterocycles. The maximum absolute atomic E-state index is 12.2. The van der Waals surface area contributed by atoms with Gasteiger partial charge in [0.1, 0.15) is 0 Å². The number of unbranched alkanes of at least 4 members (excludes halogenated alkanes) is 29.